The zero-order valence-corrected chi connectivity index (χ0v) is 11.4. The number of hydrogen-bond acceptors (Lipinski definition) is 7. The van der Waals surface area contributed by atoms with E-state index in [4.69, 9.17) is 10.5 Å². The second-order valence-corrected chi connectivity index (χ2v) is 4.48. The molecule has 1 aromatic heterocycles. The highest BCUT2D eigenvalue weighted by molar-refractivity contribution is 7.14. The van der Waals surface area contributed by atoms with E-state index in [1.165, 1.54) is 19.2 Å². The van der Waals surface area contributed by atoms with Gasteiger partial charge in [0.2, 0.25) is 5.91 Å². The lowest BCUT2D eigenvalue weighted by Crippen LogP contribution is -2.42. The van der Waals surface area contributed by atoms with Crippen LogP contribution in [-0.4, -0.2) is 34.9 Å². The molecule has 1 atom stereocenters. The Labute approximate surface area is 117 Å². The summed E-state index contributed by atoms with van der Waals surface area (Å²) in [7, 11) is 0. The van der Waals surface area contributed by atoms with Gasteiger partial charge in [-0.1, -0.05) is 0 Å². The van der Waals surface area contributed by atoms with Crippen molar-refractivity contribution < 1.29 is 23.9 Å². The first-order valence-corrected chi connectivity index (χ1v) is 6.22. The number of nitrogens with two attached hydrogens (primary N) is 1. The molecule has 0 aliphatic heterocycles. The number of anilines is 1. The largest absolute Gasteiger partial charge is 0.448 e. The summed E-state index contributed by atoms with van der Waals surface area (Å²) in [4.78, 5) is 48.1. The first-order valence-electron chi connectivity index (χ1n) is 5.34. The van der Waals surface area contributed by atoms with Gasteiger partial charge in [0.05, 0.1) is 0 Å². The van der Waals surface area contributed by atoms with Crippen molar-refractivity contribution in [3.8, 4) is 0 Å². The predicted molar refractivity (Wildman–Crippen MR) is 69.0 cm³/mol. The average molecular weight is 300 g/mol. The summed E-state index contributed by atoms with van der Waals surface area (Å²) >= 11 is 1.03. The van der Waals surface area contributed by atoms with E-state index in [9.17, 15) is 19.2 Å². The third-order valence-electron chi connectivity index (χ3n) is 1.90. The van der Waals surface area contributed by atoms with Gasteiger partial charge in [-0.3, -0.25) is 14.9 Å². The third kappa shape index (κ3) is 4.65. The molecule has 0 saturated carbocycles. The molecular formula is C10H12N4O5S. The fourth-order valence-electron chi connectivity index (χ4n) is 1.07. The van der Waals surface area contributed by atoms with Crippen LogP contribution in [0, 0.1) is 0 Å². The number of carbonyl (C=O) groups excluding carboxylic acids is 4. The lowest BCUT2D eigenvalue weighted by atomic mass is 10.3. The number of thiazole rings is 1. The number of carbonyl (C=O) groups is 4. The molecule has 0 radical (unpaired) electrons. The van der Waals surface area contributed by atoms with Gasteiger partial charge >= 0.3 is 12.0 Å². The first kappa shape index (κ1) is 15.6. The number of urea groups is 1. The highest BCUT2D eigenvalue weighted by Gasteiger charge is 2.21. The topological polar surface area (TPSA) is 140 Å². The molecule has 0 bridgehead atoms. The quantitative estimate of drug-likeness (QED) is 0.660. The van der Waals surface area contributed by atoms with Crippen LogP contribution in [0.1, 0.15) is 24.3 Å². The van der Waals surface area contributed by atoms with Crippen LogP contribution in [0.4, 0.5) is 9.93 Å². The van der Waals surface area contributed by atoms with E-state index >= 15 is 0 Å². The molecule has 108 valence electrons. The highest BCUT2D eigenvalue weighted by Crippen LogP contribution is 2.16. The smallest absolute Gasteiger partial charge is 0.358 e. The molecule has 0 saturated heterocycles. The summed E-state index contributed by atoms with van der Waals surface area (Å²) < 4.78 is 4.79. The van der Waals surface area contributed by atoms with Gasteiger partial charge in [-0.15, -0.1) is 11.3 Å². The number of hydrogen-bond donors (Lipinski definition) is 3. The van der Waals surface area contributed by atoms with Gasteiger partial charge in [0.1, 0.15) is 0 Å². The summed E-state index contributed by atoms with van der Waals surface area (Å²) in [5, 5.41) is 5.78. The van der Waals surface area contributed by atoms with Crippen LogP contribution in [-0.2, 0) is 14.3 Å². The Kier molecular flexibility index (Phi) is 5.15. The van der Waals surface area contributed by atoms with Gasteiger partial charge in [-0.2, -0.15) is 0 Å². The Morgan fingerprint density at radius 1 is 1.40 bits per heavy atom. The molecule has 9 nitrogen and oxygen atoms in total. The summed E-state index contributed by atoms with van der Waals surface area (Å²) in [5.41, 5.74) is 4.70. The van der Waals surface area contributed by atoms with Gasteiger partial charge in [0, 0.05) is 12.3 Å². The van der Waals surface area contributed by atoms with Crippen LogP contribution in [0.3, 0.4) is 0 Å². The molecule has 4 amide bonds. The van der Waals surface area contributed by atoms with E-state index in [2.05, 4.69) is 10.3 Å². The van der Waals surface area contributed by atoms with E-state index in [0.717, 1.165) is 11.3 Å². The van der Waals surface area contributed by atoms with Crippen LogP contribution in [0.15, 0.2) is 5.38 Å². The number of nitrogens with zero attached hydrogens (tertiary/aromatic N) is 1. The maximum atomic E-state index is 11.7. The molecule has 1 heterocycles. The summed E-state index contributed by atoms with van der Waals surface area (Å²) in [6.07, 6.45) is -1.21. The number of esters is 1. The second kappa shape index (κ2) is 6.61. The molecule has 20 heavy (non-hydrogen) atoms. The molecular weight excluding hydrogens is 288 g/mol. The minimum atomic E-state index is -1.21. The van der Waals surface area contributed by atoms with E-state index in [1.807, 2.05) is 0 Å². The third-order valence-corrected chi connectivity index (χ3v) is 2.65. The number of nitrogens with one attached hydrogen (secondary N) is 2. The van der Waals surface area contributed by atoms with Gasteiger partial charge in [-0.25, -0.2) is 14.6 Å². The van der Waals surface area contributed by atoms with E-state index in [1.54, 1.807) is 5.32 Å². The number of primary amides is 1. The van der Waals surface area contributed by atoms with E-state index in [-0.39, 0.29) is 16.7 Å². The zero-order valence-electron chi connectivity index (χ0n) is 10.6. The Hall–Kier alpha value is -2.49. The average Bonchev–Trinajstić information content (AvgIpc) is 2.75. The van der Waals surface area contributed by atoms with Gasteiger partial charge in [0.25, 0.3) is 5.91 Å². The van der Waals surface area contributed by atoms with Crippen LogP contribution in [0.5, 0.6) is 0 Å². The number of ether oxygens (including phenoxy) is 1. The normalized spacial score (nSPS) is 11.3. The van der Waals surface area contributed by atoms with Crippen molar-refractivity contribution in [3.05, 3.63) is 11.1 Å². The maximum Gasteiger partial charge on any atom is 0.358 e. The van der Waals surface area contributed by atoms with Crippen LogP contribution < -0.4 is 16.4 Å². The number of aromatic nitrogens is 1. The zero-order chi connectivity index (χ0) is 15.3. The van der Waals surface area contributed by atoms with Crippen molar-refractivity contribution in [2.45, 2.75) is 20.0 Å². The number of rotatable bonds is 4. The maximum absolute atomic E-state index is 11.7. The summed E-state index contributed by atoms with van der Waals surface area (Å²) in [6.45, 7) is 2.58. The highest BCUT2D eigenvalue weighted by atomic mass is 32.1. The minimum absolute atomic E-state index is 0.0579. The van der Waals surface area contributed by atoms with Crippen LogP contribution in [0.25, 0.3) is 0 Å². The number of imide groups is 1. The molecule has 0 aliphatic rings. The van der Waals surface area contributed by atoms with Crippen molar-refractivity contribution in [1.29, 1.82) is 0 Å². The Balaban J connectivity index is 2.62. The van der Waals surface area contributed by atoms with Gasteiger partial charge in [-0.05, 0) is 6.92 Å². The molecule has 4 N–H and O–H groups in total. The minimum Gasteiger partial charge on any atom is -0.448 e. The van der Waals surface area contributed by atoms with Crippen LogP contribution in [0.2, 0.25) is 0 Å². The standard InChI is InChI=1S/C10H12N4O5S/c1-4(7(16)14-9(11)18)19-8(17)6-3-20-10(13-6)12-5(2)15/h3-4H,1-2H3,(H,12,13,15)(H3,11,14,16,18). The molecule has 10 heteroatoms. The van der Waals surface area contributed by atoms with Gasteiger partial charge < -0.3 is 15.8 Å². The second-order valence-electron chi connectivity index (χ2n) is 3.62. The Bertz CT molecular complexity index is 556. The Morgan fingerprint density at radius 3 is 2.60 bits per heavy atom. The molecule has 1 unspecified atom stereocenters. The monoisotopic (exact) mass is 300 g/mol. The summed E-state index contributed by atoms with van der Waals surface area (Å²) in [5.74, 6) is -2.03. The van der Waals surface area contributed by atoms with Crippen molar-refractivity contribution in [2.75, 3.05) is 5.32 Å². The molecule has 0 aromatic carbocycles. The van der Waals surface area contributed by atoms with Crippen molar-refractivity contribution in [1.82, 2.24) is 10.3 Å². The van der Waals surface area contributed by atoms with Crippen molar-refractivity contribution >= 4 is 40.3 Å². The molecule has 0 aliphatic carbocycles. The lowest BCUT2D eigenvalue weighted by Gasteiger charge is -2.10. The molecule has 1 rings (SSSR count). The molecule has 0 fully saturated rings. The molecule has 1 aromatic rings. The fourth-order valence-corrected chi connectivity index (χ4v) is 1.80. The predicted octanol–water partition coefficient (Wildman–Crippen LogP) is -0.158. The van der Waals surface area contributed by atoms with Gasteiger partial charge in [0.15, 0.2) is 16.9 Å². The molecule has 0 spiro atoms. The van der Waals surface area contributed by atoms with Crippen LogP contribution >= 0.6 is 11.3 Å². The van der Waals surface area contributed by atoms with E-state index < -0.39 is 24.0 Å². The van der Waals surface area contributed by atoms with Crippen molar-refractivity contribution in [3.63, 3.8) is 0 Å². The lowest BCUT2D eigenvalue weighted by molar-refractivity contribution is -0.127. The van der Waals surface area contributed by atoms with E-state index in [0.29, 0.717) is 0 Å². The van der Waals surface area contributed by atoms with Crippen molar-refractivity contribution in [2.24, 2.45) is 5.73 Å². The summed E-state index contributed by atoms with van der Waals surface area (Å²) in [6, 6.07) is -1.04. The Morgan fingerprint density at radius 2 is 2.05 bits per heavy atom. The number of amides is 4. The fraction of sp³-hybridized carbons (Fsp3) is 0.300. The SMILES string of the molecule is CC(=O)Nc1nc(C(=O)OC(C)C(=O)NC(N)=O)cs1. The first-order chi connectivity index (χ1) is 9.29.